The normalized spacial score (nSPS) is 21.2. The van der Waals surface area contributed by atoms with E-state index in [-0.39, 0.29) is 12.5 Å². The van der Waals surface area contributed by atoms with Gasteiger partial charge >= 0.3 is 0 Å². The van der Waals surface area contributed by atoms with Gasteiger partial charge in [-0.05, 0) is 37.3 Å². The second-order valence-corrected chi connectivity index (χ2v) is 6.63. The van der Waals surface area contributed by atoms with Crippen LogP contribution in [-0.4, -0.2) is 45.5 Å². The second-order valence-electron chi connectivity index (χ2n) is 6.63. The van der Waals surface area contributed by atoms with Gasteiger partial charge in [0.25, 0.3) is 5.91 Å². The van der Waals surface area contributed by atoms with Crippen molar-refractivity contribution in [3.8, 4) is 0 Å². The van der Waals surface area contributed by atoms with Gasteiger partial charge < -0.3 is 20.7 Å². The number of hydrogen-bond acceptors (Lipinski definition) is 3. The number of likely N-dealkylation sites (tertiary alicyclic amines) is 1. The summed E-state index contributed by atoms with van der Waals surface area (Å²) in [5, 5.41) is 11.4. The Morgan fingerprint density at radius 1 is 1.42 bits per heavy atom. The van der Waals surface area contributed by atoms with Crippen LogP contribution in [0.2, 0.25) is 0 Å². The van der Waals surface area contributed by atoms with Gasteiger partial charge in [-0.1, -0.05) is 18.2 Å². The highest BCUT2D eigenvalue weighted by Crippen LogP contribution is 2.24. The summed E-state index contributed by atoms with van der Waals surface area (Å²) in [7, 11) is 0. The molecule has 128 valence electrons. The Morgan fingerprint density at radius 2 is 2.21 bits per heavy atom. The number of β-amino-alcohol motifs (C(OH)–C–C–N with tert-alkyl or cyclic N) is 1. The third-order valence-corrected chi connectivity index (χ3v) is 4.90. The maximum absolute atomic E-state index is 12.5. The number of nitrogens with two attached hydrogens (primary N) is 1. The summed E-state index contributed by atoms with van der Waals surface area (Å²) in [5.74, 6) is -0.816. The lowest BCUT2D eigenvalue weighted by Gasteiger charge is -2.37. The predicted molar refractivity (Wildman–Crippen MR) is 91.3 cm³/mol. The van der Waals surface area contributed by atoms with E-state index in [4.69, 9.17) is 5.73 Å². The average molecular weight is 329 g/mol. The SMILES string of the molecule is Cc1cccc2c(CCC(=O)N3CCCC(O)(C(N)=O)C3)c[nH]c12. The molecule has 0 bridgehead atoms. The third kappa shape index (κ3) is 3.01. The minimum absolute atomic E-state index is 0.00579. The Bertz CT molecular complexity index is 783. The van der Waals surface area contributed by atoms with Crippen molar-refractivity contribution in [2.24, 2.45) is 5.73 Å². The number of para-hydroxylation sites is 1. The second kappa shape index (κ2) is 6.28. The number of rotatable bonds is 4. The van der Waals surface area contributed by atoms with Crippen LogP contribution in [-0.2, 0) is 16.0 Å². The summed E-state index contributed by atoms with van der Waals surface area (Å²) in [6, 6.07) is 6.10. The van der Waals surface area contributed by atoms with Gasteiger partial charge in [-0.15, -0.1) is 0 Å². The van der Waals surface area contributed by atoms with Crippen molar-refractivity contribution in [2.45, 2.75) is 38.2 Å². The van der Waals surface area contributed by atoms with Gasteiger partial charge in [-0.25, -0.2) is 0 Å². The number of fused-ring (bicyclic) bond motifs is 1. The lowest BCUT2D eigenvalue weighted by molar-refractivity contribution is -0.148. The largest absolute Gasteiger partial charge is 0.378 e. The van der Waals surface area contributed by atoms with E-state index in [0.29, 0.717) is 32.2 Å². The number of H-pyrrole nitrogens is 1. The van der Waals surface area contributed by atoms with Gasteiger partial charge in [0, 0.05) is 30.1 Å². The molecule has 2 heterocycles. The summed E-state index contributed by atoms with van der Waals surface area (Å²) in [5.41, 5.74) is 7.04. The first-order valence-electron chi connectivity index (χ1n) is 8.26. The molecule has 6 heteroatoms. The number of hydrogen-bond donors (Lipinski definition) is 3. The van der Waals surface area contributed by atoms with Gasteiger partial charge in [0.15, 0.2) is 5.60 Å². The topological polar surface area (TPSA) is 99.4 Å². The summed E-state index contributed by atoms with van der Waals surface area (Å²) >= 11 is 0. The zero-order chi connectivity index (χ0) is 17.3. The molecule has 1 fully saturated rings. The Balaban J connectivity index is 1.67. The molecule has 0 saturated carbocycles. The standard InChI is InChI=1S/C18H23N3O3/c1-12-4-2-5-14-13(10-20-16(12)14)6-7-15(22)21-9-3-8-18(24,11-21)17(19)23/h2,4-5,10,20,24H,3,6-9,11H2,1H3,(H2,19,23). The first-order chi connectivity index (χ1) is 11.4. The summed E-state index contributed by atoms with van der Waals surface area (Å²) in [6.45, 7) is 2.60. The molecule has 1 unspecified atom stereocenters. The highest BCUT2D eigenvalue weighted by atomic mass is 16.3. The maximum Gasteiger partial charge on any atom is 0.251 e. The Hall–Kier alpha value is -2.34. The van der Waals surface area contributed by atoms with E-state index in [0.717, 1.165) is 16.5 Å². The van der Waals surface area contributed by atoms with Crippen molar-refractivity contribution in [2.75, 3.05) is 13.1 Å². The third-order valence-electron chi connectivity index (χ3n) is 4.90. The monoisotopic (exact) mass is 329 g/mol. The minimum atomic E-state index is -1.59. The van der Waals surface area contributed by atoms with Crippen LogP contribution in [0.25, 0.3) is 10.9 Å². The molecule has 1 saturated heterocycles. The molecule has 0 spiro atoms. The van der Waals surface area contributed by atoms with E-state index >= 15 is 0 Å². The molecule has 1 aromatic carbocycles. The van der Waals surface area contributed by atoms with Crippen molar-refractivity contribution in [3.05, 3.63) is 35.5 Å². The smallest absolute Gasteiger partial charge is 0.251 e. The lowest BCUT2D eigenvalue weighted by Crippen LogP contribution is -2.57. The van der Waals surface area contributed by atoms with Crippen LogP contribution in [0.4, 0.5) is 0 Å². The van der Waals surface area contributed by atoms with E-state index < -0.39 is 11.5 Å². The molecule has 1 atom stereocenters. The van der Waals surface area contributed by atoms with Crippen molar-refractivity contribution < 1.29 is 14.7 Å². The summed E-state index contributed by atoms with van der Waals surface area (Å²) in [4.78, 5) is 28.7. The van der Waals surface area contributed by atoms with Crippen molar-refractivity contribution in [1.82, 2.24) is 9.88 Å². The zero-order valence-corrected chi connectivity index (χ0v) is 13.8. The van der Waals surface area contributed by atoms with Crippen molar-refractivity contribution in [1.29, 1.82) is 0 Å². The Morgan fingerprint density at radius 3 is 2.96 bits per heavy atom. The summed E-state index contributed by atoms with van der Waals surface area (Å²) < 4.78 is 0. The molecular formula is C18H23N3O3. The van der Waals surface area contributed by atoms with Crippen molar-refractivity contribution >= 4 is 22.7 Å². The van der Waals surface area contributed by atoms with E-state index in [1.165, 1.54) is 5.56 Å². The number of amides is 2. The summed E-state index contributed by atoms with van der Waals surface area (Å²) in [6.07, 6.45) is 3.80. The zero-order valence-electron chi connectivity index (χ0n) is 13.8. The highest BCUT2D eigenvalue weighted by Gasteiger charge is 2.39. The molecule has 2 aromatic rings. The number of nitrogens with zero attached hydrogens (tertiary/aromatic N) is 1. The average Bonchev–Trinajstić information content (AvgIpc) is 2.97. The Labute approximate surface area is 140 Å². The molecule has 4 N–H and O–H groups in total. The van der Waals surface area contributed by atoms with Gasteiger partial charge in [-0.3, -0.25) is 9.59 Å². The number of aryl methyl sites for hydroxylation is 2. The number of benzene rings is 1. The number of carbonyl (C=O) groups excluding carboxylic acids is 2. The molecule has 6 nitrogen and oxygen atoms in total. The molecule has 0 radical (unpaired) electrons. The van der Waals surface area contributed by atoms with Gasteiger partial charge in [0.2, 0.25) is 5.91 Å². The van der Waals surface area contributed by atoms with Crippen LogP contribution >= 0.6 is 0 Å². The van der Waals surface area contributed by atoms with Crippen LogP contribution < -0.4 is 5.73 Å². The molecule has 24 heavy (non-hydrogen) atoms. The number of aromatic nitrogens is 1. The van der Waals surface area contributed by atoms with Gasteiger partial charge in [0.1, 0.15) is 0 Å². The predicted octanol–water partition coefficient (Wildman–Crippen LogP) is 1.25. The number of aromatic amines is 1. The van der Waals surface area contributed by atoms with Gasteiger partial charge in [0.05, 0.1) is 6.54 Å². The van der Waals surface area contributed by atoms with Crippen molar-refractivity contribution in [3.63, 3.8) is 0 Å². The van der Waals surface area contributed by atoms with Crippen LogP contribution in [0.15, 0.2) is 24.4 Å². The molecule has 1 aromatic heterocycles. The quantitative estimate of drug-likeness (QED) is 0.787. The molecule has 2 amide bonds. The van der Waals surface area contributed by atoms with Crippen LogP contribution in [0, 0.1) is 6.92 Å². The fourth-order valence-corrected chi connectivity index (χ4v) is 3.42. The van der Waals surface area contributed by atoms with Crippen LogP contribution in [0.1, 0.15) is 30.4 Å². The van der Waals surface area contributed by atoms with Crippen LogP contribution in [0.5, 0.6) is 0 Å². The number of carbonyl (C=O) groups is 2. The molecule has 1 aliphatic rings. The van der Waals surface area contributed by atoms with E-state index in [2.05, 4.69) is 4.98 Å². The number of aliphatic hydroxyl groups is 1. The number of piperidine rings is 1. The van der Waals surface area contributed by atoms with E-state index in [9.17, 15) is 14.7 Å². The molecule has 1 aliphatic heterocycles. The van der Waals surface area contributed by atoms with E-state index in [1.807, 2.05) is 31.3 Å². The highest BCUT2D eigenvalue weighted by molar-refractivity contribution is 5.87. The van der Waals surface area contributed by atoms with Gasteiger partial charge in [-0.2, -0.15) is 0 Å². The fraction of sp³-hybridized carbons (Fsp3) is 0.444. The molecule has 0 aliphatic carbocycles. The first kappa shape index (κ1) is 16.5. The minimum Gasteiger partial charge on any atom is -0.378 e. The fourth-order valence-electron chi connectivity index (χ4n) is 3.42. The molecular weight excluding hydrogens is 306 g/mol. The molecule has 3 rings (SSSR count). The first-order valence-corrected chi connectivity index (χ1v) is 8.26. The maximum atomic E-state index is 12.5. The van der Waals surface area contributed by atoms with Crippen LogP contribution in [0.3, 0.4) is 0 Å². The Kier molecular flexibility index (Phi) is 4.32. The number of primary amides is 1. The lowest BCUT2D eigenvalue weighted by atomic mass is 9.92. The number of nitrogens with one attached hydrogen (secondary N) is 1. The van der Waals surface area contributed by atoms with E-state index in [1.54, 1.807) is 4.90 Å².